The largest absolute Gasteiger partial charge is 0.370 e. The van der Waals surface area contributed by atoms with E-state index in [0.29, 0.717) is 24.3 Å². The zero-order valence-corrected chi connectivity index (χ0v) is 17.6. The first-order valence-electron chi connectivity index (χ1n) is 10.5. The number of nitrogens with one attached hydrogen (secondary N) is 3. The molecule has 0 spiro atoms. The van der Waals surface area contributed by atoms with Crippen molar-refractivity contribution in [2.24, 2.45) is 0 Å². The molecule has 0 bridgehead atoms. The third kappa shape index (κ3) is 3.92. The Hall–Kier alpha value is -4.13. The highest BCUT2D eigenvalue weighted by Crippen LogP contribution is 2.29. The minimum Gasteiger partial charge on any atom is -0.370 e. The van der Waals surface area contributed by atoms with Gasteiger partial charge in [-0.2, -0.15) is 4.98 Å². The van der Waals surface area contributed by atoms with Crippen molar-refractivity contribution in [1.29, 1.82) is 0 Å². The number of urea groups is 1. The van der Waals surface area contributed by atoms with Gasteiger partial charge in [0.25, 0.3) is 0 Å². The van der Waals surface area contributed by atoms with Crippen LogP contribution in [-0.4, -0.2) is 22.1 Å². The Kier molecular flexibility index (Phi) is 5.07. The molecule has 1 aromatic heterocycles. The maximum Gasteiger partial charge on any atom is 0.349 e. The Bertz CT molecular complexity index is 1340. The Balaban J connectivity index is 1.29. The molecular weight excluding hydrogens is 402 g/mol. The van der Waals surface area contributed by atoms with E-state index in [9.17, 15) is 9.59 Å². The summed E-state index contributed by atoms with van der Waals surface area (Å²) in [5.41, 5.74) is 4.12. The Morgan fingerprint density at radius 3 is 2.34 bits per heavy atom. The van der Waals surface area contributed by atoms with E-state index in [0.717, 1.165) is 28.0 Å². The van der Waals surface area contributed by atoms with Crippen LogP contribution in [0.2, 0.25) is 0 Å². The molecule has 0 radical (unpaired) electrons. The quantitative estimate of drug-likeness (QED) is 0.449. The summed E-state index contributed by atoms with van der Waals surface area (Å²) in [5.74, 6) is 0.946. The number of hydrogen-bond acceptors (Lipinski definition) is 4. The van der Waals surface area contributed by atoms with Crippen molar-refractivity contribution in [3.63, 3.8) is 0 Å². The van der Waals surface area contributed by atoms with Gasteiger partial charge in [-0.25, -0.2) is 9.59 Å². The van der Waals surface area contributed by atoms with Gasteiger partial charge in [-0.1, -0.05) is 42.0 Å². The lowest BCUT2D eigenvalue weighted by molar-refractivity contribution is 0.262. The number of aromatic nitrogens is 2. The zero-order valence-electron chi connectivity index (χ0n) is 17.6. The van der Waals surface area contributed by atoms with Crippen molar-refractivity contribution in [2.45, 2.75) is 19.4 Å². The highest BCUT2D eigenvalue weighted by Gasteiger charge is 2.22. The number of nitrogens with zero attached hydrogens (tertiary/aromatic N) is 2. The normalized spacial score (nSPS) is 15.0. The molecule has 1 aliphatic heterocycles. The smallest absolute Gasteiger partial charge is 0.349 e. The highest BCUT2D eigenvalue weighted by molar-refractivity contribution is 5.99. The van der Waals surface area contributed by atoms with Crippen molar-refractivity contribution in [3.8, 4) is 0 Å². The van der Waals surface area contributed by atoms with Crippen LogP contribution in [-0.2, 0) is 6.54 Å². The molecule has 7 heteroatoms. The van der Waals surface area contributed by atoms with Crippen molar-refractivity contribution in [3.05, 3.63) is 94.4 Å². The van der Waals surface area contributed by atoms with Gasteiger partial charge >= 0.3 is 11.7 Å². The third-order valence-electron chi connectivity index (χ3n) is 5.74. The van der Waals surface area contributed by atoms with E-state index in [1.807, 2.05) is 79.7 Å². The van der Waals surface area contributed by atoms with Crippen molar-refractivity contribution in [1.82, 2.24) is 9.55 Å². The molecule has 0 aliphatic carbocycles. The summed E-state index contributed by atoms with van der Waals surface area (Å²) in [6, 6.07) is 22.7. The number of carbonyl (C=O) groups excluding carboxylic acids is 1. The van der Waals surface area contributed by atoms with Gasteiger partial charge in [0.05, 0.1) is 5.52 Å². The van der Waals surface area contributed by atoms with Crippen LogP contribution in [0.25, 0.3) is 10.9 Å². The van der Waals surface area contributed by atoms with Gasteiger partial charge in [-0.3, -0.25) is 4.57 Å². The van der Waals surface area contributed by atoms with Gasteiger partial charge in [-0.05, 0) is 48.9 Å². The molecule has 2 amide bonds. The molecule has 1 aliphatic rings. The summed E-state index contributed by atoms with van der Waals surface area (Å²) < 4.78 is 1.71. The van der Waals surface area contributed by atoms with Gasteiger partial charge in [0.2, 0.25) is 0 Å². The number of carbonyl (C=O) groups is 1. The van der Waals surface area contributed by atoms with Gasteiger partial charge in [0, 0.05) is 35.8 Å². The first-order valence-corrected chi connectivity index (χ1v) is 10.5. The summed E-state index contributed by atoms with van der Waals surface area (Å²) in [4.78, 5) is 29.0. The number of aryl methyl sites for hydroxylation is 1. The fraction of sp³-hybridized carbons (Fsp3) is 0.160. The molecule has 0 fully saturated rings. The van der Waals surface area contributed by atoms with Crippen LogP contribution in [0.4, 0.5) is 22.0 Å². The molecule has 3 aromatic carbocycles. The molecule has 1 unspecified atom stereocenters. The van der Waals surface area contributed by atoms with Gasteiger partial charge < -0.3 is 16.0 Å². The summed E-state index contributed by atoms with van der Waals surface area (Å²) in [6.07, 6.45) is 0. The molecule has 2 heterocycles. The lowest BCUT2D eigenvalue weighted by atomic mass is 9.97. The minimum absolute atomic E-state index is 0.124. The van der Waals surface area contributed by atoms with E-state index in [4.69, 9.17) is 0 Å². The second-order valence-electron chi connectivity index (χ2n) is 8.02. The monoisotopic (exact) mass is 425 g/mol. The Morgan fingerprint density at radius 2 is 1.62 bits per heavy atom. The minimum atomic E-state index is -0.292. The SMILES string of the molecule is Cc1ccc(NC(=O)Nc2ccc(C3CNc4c5ccccc5nc(=O)n4C3)cc2)cc1. The molecule has 0 saturated heterocycles. The highest BCUT2D eigenvalue weighted by atomic mass is 16.2. The van der Waals surface area contributed by atoms with E-state index in [2.05, 4.69) is 20.9 Å². The van der Waals surface area contributed by atoms with Crippen molar-refractivity contribution < 1.29 is 4.79 Å². The number of rotatable bonds is 3. The Labute approximate surface area is 185 Å². The number of para-hydroxylation sites is 1. The zero-order chi connectivity index (χ0) is 22.1. The molecule has 0 saturated carbocycles. The molecule has 4 aromatic rings. The van der Waals surface area contributed by atoms with E-state index in [1.54, 1.807) is 4.57 Å². The number of fused-ring (bicyclic) bond motifs is 3. The van der Waals surface area contributed by atoms with Crippen LogP contribution in [0.5, 0.6) is 0 Å². The topological polar surface area (TPSA) is 88.1 Å². The summed E-state index contributed by atoms with van der Waals surface area (Å²) in [7, 11) is 0. The van der Waals surface area contributed by atoms with E-state index in [1.165, 1.54) is 0 Å². The lowest BCUT2D eigenvalue weighted by Gasteiger charge is -2.28. The van der Waals surface area contributed by atoms with Crippen LogP contribution in [0.1, 0.15) is 17.0 Å². The van der Waals surface area contributed by atoms with Gasteiger partial charge in [-0.15, -0.1) is 0 Å². The fourth-order valence-corrected chi connectivity index (χ4v) is 4.03. The standard InChI is InChI=1S/C25H23N5O2/c1-16-6-10-19(11-7-16)27-24(31)28-20-12-8-17(9-13-20)18-14-26-23-21-4-2-3-5-22(21)29-25(32)30(23)15-18/h2-13,18,26H,14-15H2,1H3,(H2,27,28,31). The van der Waals surface area contributed by atoms with Crippen LogP contribution < -0.4 is 21.6 Å². The van der Waals surface area contributed by atoms with Crippen LogP contribution in [0.3, 0.4) is 0 Å². The predicted molar refractivity (Wildman–Crippen MR) is 127 cm³/mol. The summed E-state index contributed by atoms with van der Waals surface area (Å²) >= 11 is 0. The Morgan fingerprint density at radius 1 is 0.969 bits per heavy atom. The number of hydrogen-bond donors (Lipinski definition) is 3. The number of anilines is 3. The fourth-order valence-electron chi connectivity index (χ4n) is 4.03. The van der Waals surface area contributed by atoms with Gasteiger partial charge in [0.1, 0.15) is 5.82 Å². The second-order valence-corrected chi connectivity index (χ2v) is 8.02. The third-order valence-corrected chi connectivity index (χ3v) is 5.74. The second kappa shape index (κ2) is 8.19. The average Bonchev–Trinajstić information content (AvgIpc) is 2.81. The van der Waals surface area contributed by atoms with Crippen LogP contribution >= 0.6 is 0 Å². The first kappa shape index (κ1) is 19.8. The molecule has 7 nitrogen and oxygen atoms in total. The van der Waals surface area contributed by atoms with Crippen LogP contribution in [0.15, 0.2) is 77.6 Å². The van der Waals surface area contributed by atoms with E-state index in [-0.39, 0.29) is 17.6 Å². The first-order chi connectivity index (χ1) is 15.6. The lowest BCUT2D eigenvalue weighted by Crippen LogP contribution is -2.35. The average molecular weight is 425 g/mol. The molecular formula is C25H23N5O2. The molecule has 3 N–H and O–H groups in total. The summed E-state index contributed by atoms with van der Waals surface area (Å²) in [6.45, 7) is 3.27. The predicted octanol–water partition coefficient (Wildman–Crippen LogP) is 4.56. The van der Waals surface area contributed by atoms with Gasteiger partial charge in [0.15, 0.2) is 0 Å². The number of amides is 2. The van der Waals surface area contributed by atoms with E-state index >= 15 is 0 Å². The van der Waals surface area contributed by atoms with E-state index < -0.39 is 0 Å². The molecule has 1 atom stereocenters. The molecule has 5 rings (SSSR count). The molecule has 32 heavy (non-hydrogen) atoms. The van der Waals surface area contributed by atoms with Crippen molar-refractivity contribution in [2.75, 3.05) is 22.5 Å². The summed E-state index contributed by atoms with van der Waals surface area (Å²) in [5, 5.41) is 10.0. The number of benzene rings is 3. The maximum atomic E-state index is 12.6. The molecule has 160 valence electrons. The van der Waals surface area contributed by atoms with Crippen LogP contribution in [0, 0.1) is 6.92 Å². The van der Waals surface area contributed by atoms with Crippen molar-refractivity contribution >= 4 is 34.1 Å². The maximum absolute atomic E-state index is 12.6.